The van der Waals surface area contributed by atoms with Gasteiger partial charge >= 0.3 is 0 Å². The number of hydrogen-bond donors (Lipinski definition) is 2. The lowest BCUT2D eigenvalue weighted by molar-refractivity contribution is 0.415. The van der Waals surface area contributed by atoms with Crippen LogP contribution in [0.15, 0.2) is 66.7 Å². The Kier molecular flexibility index (Phi) is 3.97. The Labute approximate surface area is 151 Å². The summed E-state index contributed by atoms with van der Waals surface area (Å²) >= 11 is 0. The van der Waals surface area contributed by atoms with Crippen LogP contribution in [0.25, 0.3) is 16.9 Å². The molecule has 2 aromatic heterocycles. The third-order valence-corrected chi connectivity index (χ3v) is 4.31. The largest absolute Gasteiger partial charge is 0.508 e. The first kappa shape index (κ1) is 16.0. The lowest BCUT2D eigenvalue weighted by Gasteiger charge is -2.11. The Bertz CT molecular complexity index is 1070. The molecule has 2 N–H and O–H groups in total. The van der Waals surface area contributed by atoms with Crippen molar-refractivity contribution in [3.05, 3.63) is 72.4 Å². The van der Waals surface area contributed by atoms with Crippen LogP contribution in [0.1, 0.15) is 5.69 Å². The molecule has 0 bridgehead atoms. The molecule has 2 aromatic carbocycles. The molecule has 0 spiro atoms. The minimum Gasteiger partial charge on any atom is -0.508 e. The Hall–Kier alpha value is -3.47. The van der Waals surface area contributed by atoms with Crippen molar-refractivity contribution >= 4 is 17.2 Å². The molecule has 0 amide bonds. The van der Waals surface area contributed by atoms with Crippen LogP contribution in [-0.4, -0.2) is 21.6 Å². The van der Waals surface area contributed by atoms with Crippen LogP contribution < -0.4 is 10.1 Å². The highest BCUT2D eigenvalue weighted by Crippen LogP contribution is 2.33. The number of phenolic OH excluding ortho intramolecular Hbond substituents is 1. The standard InChI is InChI=1S/C21H19N3O2/c1-14-5-3-8-19-23-20(15-9-11-17(25)12-10-15)21(24(14)19)22-16-6-4-7-18(13-16)26-2/h3-13,22,25H,1-2H3. The normalized spacial score (nSPS) is 10.8. The number of aromatic nitrogens is 2. The molecule has 130 valence electrons. The van der Waals surface area contributed by atoms with Crippen molar-refractivity contribution in [3.8, 4) is 22.8 Å². The van der Waals surface area contributed by atoms with Crippen LogP contribution in [0.3, 0.4) is 0 Å². The van der Waals surface area contributed by atoms with Crippen LogP contribution in [0.5, 0.6) is 11.5 Å². The predicted molar refractivity (Wildman–Crippen MR) is 103 cm³/mol. The van der Waals surface area contributed by atoms with E-state index in [4.69, 9.17) is 9.72 Å². The molecule has 2 heterocycles. The molecule has 0 fully saturated rings. The summed E-state index contributed by atoms with van der Waals surface area (Å²) in [6.45, 7) is 2.05. The second-order valence-corrected chi connectivity index (χ2v) is 6.07. The quantitative estimate of drug-likeness (QED) is 0.559. The molecular formula is C21H19N3O2. The van der Waals surface area contributed by atoms with E-state index in [1.165, 1.54) is 0 Å². The third kappa shape index (κ3) is 2.84. The number of anilines is 2. The van der Waals surface area contributed by atoms with E-state index in [1.54, 1.807) is 19.2 Å². The Morgan fingerprint density at radius 1 is 1.00 bits per heavy atom. The molecule has 0 saturated carbocycles. The van der Waals surface area contributed by atoms with Gasteiger partial charge in [0, 0.05) is 23.0 Å². The predicted octanol–water partition coefficient (Wildman–Crippen LogP) is 4.77. The average Bonchev–Trinajstić information content (AvgIpc) is 3.02. The third-order valence-electron chi connectivity index (χ3n) is 4.31. The zero-order valence-electron chi connectivity index (χ0n) is 14.6. The monoisotopic (exact) mass is 345 g/mol. The zero-order valence-corrected chi connectivity index (χ0v) is 14.6. The number of ether oxygens (including phenoxy) is 1. The van der Waals surface area contributed by atoms with E-state index >= 15 is 0 Å². The molecule has 0 aliphatic rings. The second kappa shape index (κ2) is 6.44. The number of hydrogen-bond acceptors (Lipinski definition) is 4. The van der Waals surface area contributed by atoms with E-state index in [1.807, 2.05) is 61.5 Å². The summed E-state index contributed by atoms with van der Waals surface area (Å²) in [5.41, 5.74) is 4.59. The van der Waals surface area contributed by atoms with Gasteiger partial charge in [0.05, 0.1) is 7.11 Å². The number of imidazole rings is 1. The number of nitrogens with one attached hydrogen (secondary N) is 1. The van der Waals surface area contributed by atoms with Gasteiger partial charge in [-0.1, -0.05) is 12.1 Å². The molecule has 0 saturated heterocycles. The first-order chi connectivity index (χ1) is 12.7. The lowest BCUT2D eigenvalue weighted by atomic mass is 10.1. The topological polar surface area (TPSA) is 58.8 Å². The van der Waals surface area contributed by atoms with E-state index in [9.17, 15) is 5.11 Å². The summed E-state index contributed by atoms with van der Waals surface area (Å²) < 4.78 is 7.41. The van der Waals surface area contributed by atoms with Crippen LogP contribution in [-0.2, 0) is 0 Å². The van der Waals surface area contributed by atoms with Gasteiger partial charge in [0.25, 0.3) is 0 Å². The number of methoxy groups -OCH3 is 1. The number of nitrogens with zero attached hydrogens (tertiary/aromatic N) is 2. The molecule has 0 atom stereocenters. The summed E-state index contributed by atoms with van der Waals surface area (Å²) in [4.78, 5) is 4.80. The Morgan fingerprint density at radius 2 is 1.77 bits per heavy atom. The molecular weight excluding hydrogens is 326 g/mol. The Balaban J connectivity index is 1.90. The maximum Gasteiger partial charge on any atom is 0.143 e. The van der Waals surface area contributed by atoms with Crippen molar-refractivity contribution in [2.75, 3.05) is 12.4 Å². The van der Waals surface area contributed by atoms with Gasteiger partial charge in [-0.2, -0.15) is 0 Å². The maximum atomic E-state index is 9.59. The highest BCUT2D eigenvalue weighted by Gasteiger charge is 2.16. The molecule has 0 aliphatic heterocycles. The molecule has 4 aromatic rings. The zero-order chi connectivity index (χ0) is 18.1. The van der Waals surface area contributed by atoms with E-state index < -0.39 is 0 Å². The van der Waals surface area contributed by atoms with Gasteiger partial charge in [0.1, 0.15) is 28.7 Å². The van der Waals surface area contributed by atoms with Gasteiger partial charge in [-0.15, -0.1) is 0 Å². The minimum absolute atomic E-state index is 0.232. The number of aromatic hydroxyl groups is 1. The summed E-state index contributed by atoms with van der Waals surface area (Å²) in [6, 6.07) is 20.9. The summed E-state index contributed by atoms with van der Waals surface area (Å²) in [7, 11) is 1.65. The number of rotatable bonds is 4. The van der Waals surface area contributed by atoms with Gasteiger partial charge in [0.2, 0.25) is 0 Å². The molecule has 5 nitrogen and oxygen atoms in total. The smallest absolute Gasteiger partial charge is 0.143 e. The Morgan fingerprint density at radius 3 is 2.54 bits per heavy atom. The molecule has 26 heavy (non-hydrogen) atoms. The SMILES string of the molecule is COc1cccc(Nc2c(-c3ccc(O)cc3)nc3cccc(C)n23)c1. The van der Waals surface area contributed by atoms with Crippen LogP contribution >= 0.6 is 0 Å². The van der Waals surface area contributed by atoms with Crippen molar-refractivity contribution in [3.63, 3.8) is 0 Å². The van der Waals surface area contributed by atoms with Crippen molar-refractivity contribution in [2.45, 2.75) is 6.92 Å². The number of phenols is 1. The van der Waals surface area contributed by atoms with Gasteiger partial charge in [0.15, 0.2) is 0 Å². The van der Waals surface area contributed by atoms with Crippen molar-refractivity contribution in [1.82, 2.24) is 9.38 Å². The average molecular weight is 345 g/mol. The number of aryl methyl sites for hydroxylation is 1. The fraction of sp³-hybridized carbons (Fsp3) is 0.0952. The van der Waals surface area contributed by atoms with Gasteiger partial charge < -0.3 is 15.2 Å². The molecule has 4 rings (SSSR count). The molecule has 0 radical (unpaired) electrons. The number of fused-ring (bicyclic) bond motifs is 1. The van der Waals surface area contributed by atoms with Gasteiger partial charge in [-0.05, 0) is 55.5 Å². The van der Waals surface area contributed by atoms with Gasteiger partial charge in [-0.25, -0.2) is 4.98 Å². The van der Waals surface area contributed by atoms with E-state index in [2.05, 4.69) is 9.72 Å². The van der Waals surface area contributed by atoms with Crippen LogP contribution in [0, 0.1) is 6.92 Å². The van der Waals surface area contributed by atoms with E-state index in [0.717, 1.165) is 39.9 Å². The highest BCUT2D eigenvalue weighted by molar-refractivity contribution is 5.80. The van der Waals surface area contributed by atoms with Gasteiger partial charge in [-0.3, -0.25) is 4.40 Å². The fourth-order valence-corrected chi connectivity index (χ4v) is 3.03. The summed E-state index contributed by atoms with van der Waals surface area (Å²) in [5, 5.41) is 13.1. The van der Waals surface area contributed by atoms with E-state index in [0.29, 0.717) is 0 Å². The van der Waals surface area contributed by atoms with Crippen molar-refractivity contribution < 1.29 is 9.84 Å². The number of benzene rings is 2. The molecule has 0 aliphatic carbocycles. The van der Waals surface area contributed by atoms with E-state index in [-0.39, 0.29) is 5.75 Å². The molecule has 0 unspecified atom stereocenters. The summed E-state index contributed by atoms with van der Waals surface area (Å²) in [6.07, 6.45) is 0. The fourth-order valence-electron chi connectivity index (χ4n) is 3.03. The van der Waals surface area contributed by atoms with Crippen molar-refractivity contribution in [1.29, 1.82) is 0 Å². The number of pyridine rings is 1. The second-order valence-electron chi connectivity index (χ2n) is 6.07. The highest BCUT2D eigenvalue weighted by atomic mass is 16.5. The molecule has 5 heteroatoms. The first-order valence-corrected chi connectivity index (χ1v) is 8.34. The van der Waals surface area contributed by atoms with Crippen LogP contribution in [0.2, 0.25) is 0 Å². The minimum atomic E-state index is 0.232. The maximum absolute atomic E-state index is 9.59. The first-order valence-electron chi connectivity index (χ1n) is 8.34. The summed E-state index contributed by atoms with van der Waals surface area (Å²) in [5.74, 6) is 1.89. The van der Waals surface area contributed by atoms with Crippen LogP contribution in [0.4, 0.5) is 11.5 Å². The lowest BCUT2D eigenvalue weighted by Crippen LogP contribution is -1.99. The van der Waals surface area contributed by atoms with Crippen molar-refractivity contribution in [2.24, 2.45) is 0 Å².